The molecule has 6 nitrogen and oxygen atoms in total. The Morgan fingerprint density at radius 1 is 0.926 bits per heavy atom. The molecule has 27 heavy (non-hydrogen) atoms. The van der Waals surface area contributed by atoms with Crippen molar-refractivity contribution in [1.82, 2.24) is 0 Å². The summed E-state index contributed by atoms with van der Waals surface area (Å²) in [6, 6.07) is 17.7. The number of benzene rings is 2. The third kappa shape index (κ3) is 3.24. The molecular formula is C21H22O6. The first-order chi connectivity index (χ1) is 13.3. The van der Waals surface area contributed by atoms with Crippen LogP contribution in [0.2, 0.25) is 0 Å². The summed E-state index contributed by atoms with van der Waals surface area (Å²) in [5.41, 5.74) is 2.04. The highest BCUT2D eigenvalue weighted by Gasteiger charge is 2.57. The third-order valence-corrected chi connectivity index (χ3v) is 5.25. The number of rotatable bonds is 5. The molecule has 0 radical (unpaired) electrons. The Morgan fingerprint density at radius 3 is 2.48 bits per heavy atom. The van der Waals surface area contributed by atoms with Gasteiger partial charge in [-0.2, -0.15) is 0 Å². The lowest BCUT2D eigenvalue weighted by Crippen LogP contribution is -2.53. The van der Waals surface area contributed by atoms with Crippen molar-refractivity contribution in [2.24, 2.45) is 0 Å². The molecule has 0 aliphatic carbocycles. The smallest absolute Gasteiger partial charge is 0.187 e. The number of methoxy groups -OCH3 is 1. The van der Waals surface area contributed by atoms with Gasteiger partial charge >= 0.3 is 0 Å². The zero-order chi connectivity index (χ0) is 18.2. The van der Waals surface area contributed by atoms with Crippen molar-refractivity contribution >= 4 is 0 Å². The Bertz CT molecular complexity index is 764. The van der Waals surface area contributed by atoms with E-state index in [9.17, 15) is 0 Å². The van der Waals surface area contributed by atoms with Gasteiger partial charge in [-0.3, -0.25) is 0 Å². The number of hydrogen-bond acceptors (Lipinski definition) is 6. The first-order valence-electron chi connectivity index (χ1n) is 9.19. The predicted molar refractivity (Wildman–Crippen MR) is 95.1 cm³/mol. The Morgan fingerprint density at radius 2 is 1.70 bits per heavy atom. The van der Waals surface area contributed by atoms with Crippen LogP contribution in [0.3, 0.4) is 0 Å². The van der Waals surface area contributed by atoms with E-state index in [1.807, 2.05) is 54.6 Å². The maximum Gasteiger partial charge on any atom is 0.187 e. The Balaban J connectivity index is 1.31. The molecular weight excluding hydrogens is 348 g/mol. The van der Waals surface area contributed by atoms with Crippen LogP contribution in [0.1, 0.15) is 17.4 Å². The lowest BCUT2D eigenvalue weighted by Gasteiger charge is -2.34. The van der Waals surface area contributed by atoms with Crippen LogP contribution in [0.5, 0.6) is 5.75 Å². The second-order valence-electron chi connectivity index (χ2n) is 6.94. The minimum absolute atomic E-state index is 0.146. The van der Waals surface area contributed by atoms with Crippen molar-refractivity contribution < 1.29 is 28.4 Å². The van der Waals surface area contributed by atoms with Crippen LogP contribution in [0, 0.1) is 0 Å². The summed E-state index contributed by atoms with van der Waals surface area (Å²) in [6.45, 7) is 0.954. The molecule has 0 N–H and O–H groups in total. The molecule has 0 saturated carbocycles. The topological polar surface area (TPSA) is 55.4 Å². The van der Waals surface area contributed by atoms with Crippen molar-refractivity contribution in [3.05, 3.63) is 65.7 Å². The fraction of sp³-hybridized carbons (Fsp3) is 0.429. The number of ether oxygens (including phenoxy) is 6. The molecule has 0 unspecified atom stereocenters. The van der Waals surface area contributed by atoms with E-state index in [2.05, 4.69) is 0 Å². The molecule has 0 amide bonds. The number of hydrogen-bond donors (Lipinski definition) is 0. The molecule has 6 heteroatoms. The SMILES string of the molecule is COc1ccc(CO[C@H]2[C@@H]3O[C@H](c4ccccc4)O[C@@H]3[C@@H]3OC[C@H]2O3)cc1. The molecule has 3 aliphatic heterocycles. The highest BCUT2D eigenvalue weighted by Crippen LogP contribution is 2.43. The van der Waals surface area contributed by atoms with Gasteiger partial charge in [0.2, 0.25) is 0 Å². The standard InChI is InChI=1S/C21H22O6/c1-22-15-9-7-13(8-10-15)11-23-17-16-12-24-21(25-16)19-18(17)26-20(27-19)14-5-3-2-4-6-14/h2-10,16-21H,11-12H2,1H3/t16-,17-,18+,19+,20+,21-/m1/s1. The van der Waals surface area contributed by atoms with Gasteiger partial charge in [0.05, 0.1) is 20.3 Å². The molecule has 3 fully saturated rings. The van der Waals surface area contributed by atoms with E-state index in [1.165, 1.54) is 0 Å². The zero-order valence-electron chi connectivity index (χ0n) is 15.0. The van der Waals surface area contributed by atoms with E-state index in [0.717, 1.165) is 16.9 Å². The highest BCUT2D eigenvalue weighted by molar-refractivity contribution is 5.26. The van der Waals surface area contributed by atoms with Gasteiger partial charge in [0, 0.05) is 5.56 Å². The van der Waals surface area contributed by atoms with Gasteiger partial charge in [-0.1, -0.05) is 42.5 Å². The van der Waals surface area contributed by atoms with Crippen LogP contribution in [-0.4, -0.2) is 44.4 Å². The summed E-state index contributed by atoms with van der Waals surface area (Å²) in [7, 11) is 1.65. The van der Waals surface area contributed by atoms with Gasteiger partial charge in [0.1, 0.15) is 30.2 Å². The van der Waals surface area contributed by atoms with Gasteiger partial charge in [0.25, 0.3) is 0 Å². The first kappa shape index (κ1) is 17.2. The van der Waals surface area contributed by atoms with Crippen molar-refractivity contribution in [3.63, 3.8) is 0 Å². The summed E-state index contributed by atoms with van der Waals surface area (Å²) >= 11 is 0. The van der Waals surface area contributed by atoms with E-state index >= 15 is 0 Å². The Kier molecular flexibility index (Phi) is 4.59. The molecule has 0 spiro atoms. The van der Waals surface area contributed by atoms with Gasteiger partial charge in [-0.15, -0.1) is 0 Å². The molecule has 5 rings (SSSR count). The van der Waals surface area contributed by atoms with Crippen LogP contribution in [-0.2, 0) is 30.3 Å². The van der Waals surface area contributed by atoms with E-state index in [1.54, 1.807) is 7.11 Å². The van der Waals surface area contributed by atoms with Crippen molar-refractivity contribution in [2.45, 2.75) is 43.6 Å². The molecule has 3 heterocycles. The van der Waals surface area contributed by atoms with E-state index in [-0.39, 0.29) is 24.4 Å². The highest BCUT2D eigenvalue weighted by atomic mass is 16.8. The van der Waals surface area contributed by atoms with Crippen molar-refractivity contribution in [3.8, 4) is 5.75 Å². The molecule has 2 aromatic carbocycles. The molecule has 2 aromatic rings. The Labute approximate surface area is 157 Å². The summed E-state index contributed by atoms with van der Waals surface area (Å²) in [6.07, 6.45) is -1.74. The maximum absolute atomic E-state index is 6.24. The summed E-state index contributed by atoms with van der Waals surface area (Å²) in [4.78, 5) is 0. The summed E-state index contributed by atoms with van der Waals surface area (Å²) < 4.78 is 35.5. The van der Waals surface area contributed by atoms with E-state index in [0.29, 0.717) is 13.2 Å². The maximum atomic E-state index is 6.24. The molecule has 3 saturated heterocycles. The predicted octanol–water partition coefficient (Wildman–Crippen LogP) is 2.82. The normalized spacial score (nSPS) is 34.4. The lowest BCUT2D eigenvalue weighted by molar-refractivity contribution is -0.207. The van der Waals surface area contributed by atoms with Crippen LogP contribution in [0.15, 0.2) is 54.6 Å². The summed E-state index contributed by atoms with van der Waals surface area (Å²) in [5, 5.41) is 0. The van der Waals surface area contributed by atoms with Crippen LogP contribution in [0.25, 0.3) is 0 Å². The Hall–Kier alpha value is -1.96. The molecule has 0 aromatic heterocycles. The van der Waals surface area contributed by atoms with Gasteiger partial charge in [-0.25, -0.2) is 0 Å². The monoisotopic (exact) mass is 370 g/mol. The van der Waals surface area contributed by atoms with Crippen molar-refractivity contribution in [1.29, 1.82) is 0 Å². The minimum Gasteiger partial charge on any atom is -0.497 e. The van der Waals surface area contributed by atoms with Crippen LogP contribution in [0.4, 0.5) is 0 Å². The largest absolute Gasteiger partial charge is 0.497 e. The molecule has 6 atom stereocenters. The quantitative estimate of drug-likeness (QED) is 0.807. The van der Waals surface area contributed by atoms with E-state index < -0.39 is 12.6 Å². The fourth-order valence-electron chi connectivity index (χ4n) is 3.84. The van der Waals surface area contributed by atoms with Crippen molar-refractivity contribution in [2.75, 3.05) is 13.7 Å². The molecule has 3 aliphatic rings. The zero-order valence-corrected chi connectivity index (χ0v) is 15.0. The van der Waals surface area contributed by atoms with Crippen LogP contribution < -0.4 is 4.74 Å². The fourth-order valence-corrected chi connectivity index (χ4v) is 3.84. The second kappa shape index (κ2) is 7.22. The second-order valence-corrected chi connectivity index (χ2v) is 6.94. The first-order valence-corrected chi connectivity index (χ1v) is 9.19. The van der Waals surface area contributed by atoms with Crippen LogP contribution >= 0.6 is 0 Å². The van der Waals surface area contributed by atoms with Gasteiger partial charge < -0.3 is 28.4 Å². The average Bonchev–Trinajstić information content (AvgIpc) is 3.36. The molecule has 142 valence electrons. The third-order valence-electron chi connectivity index (χ3n) is 5.25. The lowest BCUT2D eigenvalue weighted by atomic mass is 10.0. The minimum atomic E-state index is -0.431. The van der Waals surface area contributed by atoms with Gasteiger partial charge in [0.15, 0.2) is 12.6 Å². The van der Waals surface area contributed by atoms with Gasteiger partial charge in [-0.05, 0) is 17.7 Å². The molecule has 2 bridgehead atoms. The van der Waals surface area contributed by atoms with E-state index in [4.69, 9.17) is 28.4 Å². The number of fused-ring (bicyclic) bond motifs is 4. The summed E-state index contributed by atoms with van der Waals surface area (Å²) in [5.74, 6) is 0.824. The average molecular weight is 370 g/mol.